The number of urea groups is 1. The Morgan fingerprint density at radius 1 is 1.61 bits per heavy atom. The van der Waals surface area contributed by atoms with Gasteiger partial charge in [-0.05, 0) is 6.07 Å². The number of carbonyl (C=O) groups is 2. The average molecular weight is 256 g/mol. The van der Waals surface area contributed by atoms with Crippen molar-refractivity contribution in [2.45, 2.75) is 0 Å². The number of rotatable bonds is 5. The topological polar surface area (TPSA) is 152 Å². The molecule has 2 amide bonds. The third-order valence-corrected chi connectivity index (χ3v) is 1.66. The van der Waals surface area contributed by atoms with E-state index in [1.807, 2.05) is 0 Å². The Labute approximate surface area is 99.4 Å². The number of hydrazone groups is 1. The minimum Gasteiger partial charge on any atom is -0.480 e. The number of primary amides is 1. The summed E-state index contributed by atoms with van der Waals surface area (Å²) < 4.78 is 4.71. The van der Waals surface area contributed by atoms with Crippen molar-refractivity contribution >= 4 is 24.1 Å². The number of carboxylic acids is 1. The van der Waals surface area contributed by atoms with Crippen molar-refractivity contribution in [2.75, 3.05) is 6.54 Å². The summed E-state index contributed by atoms with van der Waals surface area (Å²) in [4.78, 5) is 30.7. The highest BCUT2D eigenvalue weighted by Gasteiger charge is 2.13. The Balaban J connectivity index is 2.78. The molecule has 0 fully saturated rings. The van der Waals surface area contributed by atoms with E-state index >= 15 is 0 Å². The van der Waals surface area contributed by atoms with Crippen LogP contribution in [0.2, 0.25) is 0 Å². The molecule has 1 aromatic heterocycles. The van der Waals surface area contributed by atoms with E-state index in [9.17, 15) is 19.7 Å². The summed E-state index contributed by atoms with van der Waals surface area (Å²) in [5.74, 6) is -1.82. The van der Waals surface area contributed by atoms with Crippen LogP contribution in [0.5, 0.6) is 0 Å². The summed E-state index contributed by atoms with van der Waals surface area (Å²) >= 11 is 0. The molecule has 0 bridgehead atoms. The molecule has 0 spiro atoms. The lowest BCUT2D eigenvalue weighted by atomic mass is 10.5. The van der Waals surface area contributed by atoms with E-state index in [1.54, 1.807) is 0 Å². The van der Waals surface area contributed by atoms with Crippen LogP contribution < -0.4 is 5.73 Å². The summed E-state index contributed by atoms with van der Waals surface area (Å²) in [6, 6.07) is 1.25. The van der Waals surface area contributed by atoms with Gasteiger partial charge in [-0.3, -0.25) is 14.9 Å². The van der Waals surface area contributed by atoms with Crippen molar-refractivity contribution in [3.8, 4) is 0 Å². The van der Waals surface area contributed by atoms with Gasteiger partial charge < -0.3 is 15.3 Å². The summed E-state index contributed by atoms with van der Waals surface area (Å²) in [5, 5.41) is 22.7. The predicted octanol–water partition coefficient (Wildman–Crippen LogP) is -0.0130. The minimum absolute atomic E-state index is 0.0154. The van der Waals surface area contributed by atoms with E-state index < -0.39 is 29.4 Å². The largest absolute Gasteiger partial charge is 0.480 e. The summed E-state index contributed by atoms with van der Waals surface area (Å²) in [7, 11) is 0. The zero-order valence-electron chi connectivity index (χ0n) is 8.85. The third-order valence-electron chi connectivity index (χ3n) is 1.66. The van der Waals surface area contributed by atoms with Crippen LogP contribution in [-0.4, -0.2) is 39.8 Å². The van der Waals surface area contributed by atoms with E-state index in [1.165, 1.54) is 6.07 Å². The van der Waals surface area contributed by atoms with Gasteiger partial charge in [0.05, 0.1) is 12.3 Å². The van der Waals surface area contributed by atoms with Crippen LogP contribution in [0.3, 0.4) is 0 Å². The number of nitrogens with two attached hydrogens (primary N) is 1. The Kier molecular flexibility index (Phi) is 3.97. The Bertz CT molecular complexity index is 507. The van der Waals surface area contributed by atoms with E-state index in [0.29, 0.717) is 5.01 Å². The van der Waals surface area contributed by atoms with Crippen molar-refractivity contribution in [1.29, 1.82) is 0 Å². The number of hydrogen-bond acceptors (Lipinski definition) is 6. The molecule has 0 saturated carbocycles. The first-order valence-electron chi connectivity index (χ1n) is 4.47. The van der Waals surface area contributed by atoms with Crippen LogP contribution in [-0.2, 0) is 4.79 Å². The maximum atomic E-state index is 10.8. The number of amides is 2. The highest BCUT2D eigenvalue weighted by atomic mass is 16.6. The van der Waals surface area contributed by atoms with Gasteiger partial charge in [-0.2, -0.15) is 5.10 Å². The molecular formula is C8H8N4O6. The monoisotopic (exact) mass is 256 g/mol. The van der Waals surface area contributed by atoms with Gasteiger partial charge in [0.2, 0.25) is 0 Å². The van der Waals surface area contributed by atoms with Crippen molar-refractivity contribution < 1.29 is 24.0 Å². The number of carbonyl (C=O) groups excluding carboxylic acids is 1. The second-order valence-electron chi connectivity index (χ2n) is 2.97. The molecule has 0 aliphatic carbocycles. The van der Waals surface area contributed by atoms with Gasteiger partial charge >= 0.3 is 17.9 Å². The van der Waals surface area contributed by atoms with Crippen LogP contribution in [0, 0.1) is 10.1 Å². The first-order chi connectivity index (χ1) is 8.40. The Morgan fingerprint density at radius 3 is 2.72 bits per heavy atom. The molecule has 1 rings (SSSR count). The Morgan fingerprint density at radius 2 is 2.28 bits per heavy atom. The van der Waals surface area contributed by atoms with Gasteiger partial charge in [-0.1, -0.05) is 0 Å². The molecule has 0 aliphatic rings. The van der Waals surface area contributed by atoms with E-state index in [2.05, 4.69) is 5.10 Å². The molecule has 18 heavy (non-hydrogen) atoms. The SMILES string of the molecule is NC(=O)N(CC(=O)O)N=Cc1ccc([N+](=O)[O-])o1. The standard InChI is InChI=1S/C8H8N4O6/c9-8(15)11(4-7(13)14)10-3-5-1-2-6(18-5)12(16)17/h1-3H,4H2,(H2,9,15)(H,13,14). The minimum atomic E-state index is -1.31. The molecule has 1 heterocycles. The van der Waals surface area contributed by atoms with Gasteiger partial charge in [-0.25, -0.2) is 9.80 Å². The molecule has 0 unspecified atom stereocenters. The normalized spacial score (nSPS) is 10.4. The molecule has 10 nitrogen and oxygen atoms in total. The number of hydrogen-bond donors (Lipinski definition) is 2. The van der Waals surface area contributed by atoms with Crippen molar-refractivity contribution in [3.63, 3.8) is 0 Å². The van der Waals surface area contributed by atoms with Crippen molar-refractivity contribution in [1.82, 2.24) is 5.01 Å². The fraction of sp³-hybridized carbons (Fsp3) is 0.125. The van der Waals surface area contributed by atoms with E-state index in [4.69, 9.17) is 15.3 Å². The number of aliphatic carboxylic acids is 1. The molecule has 1 aromatic rings. The lowest BCUT2D eigenvalue weighted by Gasteiger charge is -2.09. The maximum Gasteiger partial charge on any atom is 0.433 e. The van der Waals surface area contributed by atoms with Gasteiger partial charge in [0.1, 0.15) is 11.5 Å². The fourth-order valence-corrected chi connectivity index (χ4v) is 0.940. The van der Waals surface area contributed by atoms with Crippen molar-refractivity contribution in [2.24, 2.45) is 10.8 Å². The van der Waals surface area contributed by atoms with Crippen LogP contribution in [0.1, 0.15) is 5.76 Å². The van der Waals surface area contributed by atoms with Gasteiger partial charge in [0, 0.05) is 0 Å². The number of nitrogens with zero attached hydrogens (tertiary/aromatic N) is 3. The van der Waals surface area contributed by atoms with Crippen molar-refractivity contribution in [3.05, 3.63) is 28.0 Å². The number of nitro groups is 1. The van der Waals surface area contributed by atoms with E-state index in [-0.39, 0.29) is 5.76 Å². The van der Waals surface area contributed by atoms with E-state index in [0.717, 1.165) is 12.3 Å². The molecule has 96 valence electrons. The molecule has 10 heteroatoms. The lowest BCUT2D eigenvalue weighted by molar-refractivity contribution is -0.402. The second kappa shape index (κ2) is 5.43. The summed E-state index contributed by atoms with van der Waals surface area (Å²) in [6.45, 7) is -0.728. The smallest absolute Gasteiger partial charge is 0.433 e. The average Bonchev–Trinajstić information content (AvgIpc) is 2.72. The molecule has 3 N–H and O–H groups in total. The number of carboxylic acid groups (broad SMARTS) is 1. The molecule has 0 aromatic carbocycles. The summed E-state index contributed by atoms with van der Waals surface area (Å²) in [5.41, 5.74) is 4.87. The van der Waals surface area contributed by atoms with Crippen LogP contribution in [0.4, 0.5) is 10.7 Å². The second-order valence-corrected chi connectivity index (χ2v) is 2.97. The maximum absolute atomic E-state index is 10.8. The highest BCUT2D eigenvalue weighted by Crippen LogP contribution is 2.13. The van der Waals surface area contributed by atoms with Gasteiger partial charge in [0.15, 0.2) is 5.76 Å². The lowest BCUT2D eigenvalue weighted by Crippen LogP contribution is -2.35. The van der Waals surface area contributed by atoms with Crippen LogP contribution >= 0.6 is 0 Å². The first kappa shape index (κ1) is 13.2. The number of furan rings is 1. The van der Waals surface area contributed by atoms with Crippen LogP contribution in [0.15, 0.2) is 21.7 Å². The molecule has 0 aliphatic heterocycles. The van der Waals surface area contributed by atoms with Gasteiger partial charge in [0.25, 0.3) is 0 Å². The molecule has 0 atom stereocenters. The zero-order valence-corrected chi connectivity index (χ0v) is 8.85. The molecule has 0 radical (unpaired) electrons. The predicted molar refractivity (Wildman–Crippen MR) is 56.9 cm³/mol. The quantitative estimate of drug-likeness (QED) is 0.429. The molecular weight excluding hydrogens is 248 g/mol. The Hall–Kier alpha value is -2.91. The fourth-order valence-electron chi connectivity index (χ4n) is 0.940. The third kappa shape index (κ3) is 3.59. The molecule has 0 saturated heterocycles. The first-order valence-corrected chi connectivity index (χ1v) is 4.47. The summed E-state index contributed by atoms with van der Waals surface area (Å²) in [6.07, 6.45) is 0.945. The highest BCUT2D eigenvalue weighted by molar-refractivity contribution is 5.82. The van der Waals surface area contributed by atoms with Crippen LogP contribution in [0.25, 0.3) is 0 Å². The zero-order chi connectivity index (χ0) is 13.7. The van der Waals surface area contributed by atoms with Gasteiger partial charge in [-0.15, -0.1) is 0 Å².